The van der Waals surface area contributed by atoms with E-state index >= 15 is 0 Å². The van der Waals surface area contributed by atoms with Crippen molar-refractivity contribution >= 4 is 69.9 Å². The maximum absolute atomic E-state index is 13.0. The largest absolute Gasteiger partial charge is 0.497 e. The molecule has 16 nitrogen and oxygen atoms in total. The van der Waals surface area contributed by atoms with E-state index in [2.05, 4.69) is 0 Å². The van der Waals surface area contributed by atoms with Gasteiger partial charge in [-0.15, -0.1) is 23.5 Å². The summed E-state index contributed by atoms with van der Waals surface area (Å²) in [6.45, 7) is -0.647. The smallest absolute Gasteiger partial charge is 0.270 e. The molecule has 4 aromatic rings. The van der Waals surface area contributed by atoms with Gasteiger partial charge in [0.25, 0.3) is 17.5 Å². The number of nitrogens with one attached hydrogen (secondary N) is 2. The molecule has 2 aliphatic heterocycles. The number of rotatable bonds is 11. The molecular formula is C36H36N6O10S2. The fraction of sp³-hybridized carbons (Fsp3) is 0.222. The number of nitrogens with zero attached hydrogens (tertiary/aromatic N) is 3. The van der Waals surface area contributed by atoms with Gasteiger partial charge in [-0.2, -0.15) is 0 Å². The number of benzene rings is 4. The summed E-state index contributed by atoms with van der Waals surface area (Å²) in [5.41, 5.74) is 12.3. The Kier molecular flexibility index (Phi) is 13.0. The summed E-state index contributed by atoms with van der Waals surface area (Å²) >= 11 is 2.64. The minimum absolute atomic E-state index is 0.102. The molecule has 4 aromatic carbocycles. The fourth-order valence-corrected chi connectivity index (χ4v) is 8.28. The van der Waals surface area contributed by atoms with E-state index in [0.717, 1.165) is 21.8 Å². The molecule has 0 spiro atoms. The van der Waals surface area contributed by atoms with Crippen LogP contribution in [0, 0.1) is 10.1 Å². The number of non-ortho nitro benzene ring substituents is 1. The van der Waals surface area contributed by atoms with E-state index in [-0.39, 0.29) is 30.6 Å². The summed E-state index contributed by atoms with van der Waals surface area (Å²) < 4.78 is 10.3. The Morgan fingerprint density at radius 2 is 1.17 bits per heavy atom. The second kappa shape index (κ2) is 17.8. The molecule has 282 valence electrons. The van der Waals surface area contributed by atoms with Crippen LogP contribution in [0.2, 0.25) is 0 Å². The zero-order valence-corrected chi connectivity index (χ0v) is 30.6. The highest BCUT2D eigenvalue weighted by Crippen LogP contribution is 2.43. The lowest BCUT2D eigenvalue weighted by Gasteiger charge is -2.33. The number of methoxy groups -OCH3 is 2. The number of hydroxylamine groups is 2. The minimum atomic E-state index is -0.757. The average molecular weight is 777 g/mol. The summed E-state index contributed by atoms with van der Waals surface area (Å²) in [7, 11) is 3.16. The summed E-state index contributed by atoms with van der Waals surface area (Å²) in [6, 6.07) is 24.0. The molecule has 18 heteroatoms. The number of fused-ring (bicyclic) bond motifs is 2. The number of nitro groups is 1. The molecule has 6 rings (SSSR count). The van der Waals surface area contributed by atoms with E-state index in [1.54, 1.807) is 50.0 Å². The first kappa shape index (κ1) is 39.4. The Balaban J connectivity index is 0.000000208. The summed E-state index contributed by atoms with van der Waals surface area (Å²) in [6.07, 6.45) is 0.867. The van der Waals surface area contributed by atoms with Gasteiger partial charge in [0.2, 0.25) is 11.8 Å². The van der Waals surface area contributed by atoms with Gasteiger partial charge in [0, 0.05) is 27.6 Å². The number of anilines is 3. The SMILES string of the molecule is COc1ccc(CC2Sc3cc(N)ccc3N(CC(=O)NO)C2=O)cc1.COc1ccc(CC2Sc3cc([N+](=O)[O-])ccc3N(CC(=O)NO)C2=O)cc1. The zero-order chi connectivity index (χ0) is 38.9. The number of nitrogen functional groups attached to an aromatic ring is 1. The van der Waals surface area contributed by atoms with Crippen LogP contribution in [0.5, 0.6) is 11.5 Å². The van der Waals surface area contributed by atoms with Crippen molar-refractivity contribution in [1.82, 2.24) is 11.0 Å². The number of nitrogens with two attached hydrogens (primary N) is 1. The number of hydrogen-bond acceptors (Lipinski definition) is 13. The van der Waals surface area contributed by atoms with Gasteiger partial charge in [0.05, 0.1) is 41.0 Å². The maximum atomic E-state index is 13.0. The van der Waals surface area contributed by atoms with Crippen LogP contribution in [-0.4, -0.2) is 76.8 Å². The predicted octanol–water partition coefficient (Wildman–Crippen LogP) is 3.99. The van der Waals surface area contributed by atoms with Crippen molar-refractivity contribution in [2.24, 2.45) is 0 Å². The fourth-order valence-electron chi connectivity index (χ4n) is 5.67. The van der Waals surface area contributed by atoms with Crippen molar-refractivity contribution in [3.63, 3.8) is 0 Å². The van der Waals surface area contributed by atoms with Crippen LogP contribution in [0.3, 0.4) is 0 Å². The van der Waals surface area contributed by atoms with Gasteiger partial charge in [-0.05, 0) is 72.5 Å². The molecule has 2 atom stereocenters. The second-order valence-corrected chi connectivity index (χ2v) is 14.4. The number of carbonyl (C=O) groups is 4. The van der Waals surface area contributed by atoms with Gasteiger partial charge < -0.3 is 25.0 Å². The lowest BCUT2D eigenvalue weighted by Crippen LogP contribution is -2.46. The molecule has 4 amide bonds. The van der Waals surface area contributed by atoms with Gasteiger partial charge in [0.15, 0.2) is 0 Å². The zero-order valence-electron chi connectivity index (χ0n) is 29.0. The molecule has 0 bridgehead atoms. The van der Waals surface area contributed by atoms with Gasteiger partial charge >= 0.3 is 0 Å². The third-order valence-electron chi connectivity index (χ3n) is 8.35. The standard InChI is InChI=1S/C18H17N3O6S.C18H19N3O4S/c1-27-13-5-2-11(3-6-13)8-16-18(23)20(10-17(22)19-24)14-7-4-12(21(25)26)9-15(14)28-16;1-25-13-5-2-11(3-6-13)8-16-18(23)21(10-17(22)20-24)14-7-4-12(19)9-15(14)26-16/h2-7,9,16,24H,8,10H2,1H3,(H,19,22);2-7,9,16,24H,8,10,19H2,1H3,(H,20,22). The molecule has 2 unspecified atom stereocenters. The van der Waals surface area contributed by atoms with Crippen molar-refractivity contribution in [3.05, 3.63) is 106 Å². The maximum Gasteiger partial charge on any atom is 0.270 e. The van der Waals surface area contributed by atoms with Gasteiger partial charge in [-0.3, -0.25) is 39.7 Å². The molecule has 6 N–H and O–H groups in total. The van der Waals surface area contributed by atoms with Crippen LogP contribution >= 0.6 is 23.5 Å². The number of thioether (sulfide) groups is 2. The molecule has 0 radical (unpaired) electrons. The number of nitro benzene ring substituents is 1. The Labute approximate surface area is 317 Å². The molecule has 2 heterocycles. The van der Waals surface area contributed by atoms with Crippen LogP contribution in [0.1, 0.15) is 11.1 Å². The summed E-state index contributed by atoms with van der Waals surface area (Å²) in [5, 5.41) is 27.8. The Bertz CT molecular complexity index is 2030. The van der Waals surface area contributed by atoms with Crippen LogP contribution < -0.4 is 36.0 Å². The lowest BCUT2D eigenvalue weighted by molar-refractivity contribution is -0.385. The molecule has 0 saturated carbocycles. The third-order valence-corrected chi connectivity index (χ3v) is 10.8. The highest BCUT2D eigenvalue weighted by atomic mass is 32.2. The van der Waals surface area contributed by atoms with E-state index < -0.39 is 27.2 Å². The van der Waals surface area contributed by atoms with E-state index in [0.29, 0.717) is 40.5 Å². The lowest BCUT2D eigenvalue weighted by atomic mass is 10.1. The number of carbonyl (C=O) groups excluding carboxylic acids is 4. The first-order valence-corrected chi connectivity index (χ1v) is 18.0. The molecule has 0 aromatic heterocycles. The van der Waals surface area contributed by atoms with Crippen molar-refractivity contribution in [3.8, 4) is 11.5 Å². The molecular weight excluding hydrogens is 741 g/mol. The quantitative estimate of drug-likeness (QED) is 0.0629. The number of amides is 4. The van der Waals surface area contributed by atoms with Gasteiger partial charge in [0.1, 0.15) is 24.6 Å². The van der Waals surface area contributed by atoms with E-state index in [1.165, 1.54) is 57.0 Å². The average Bonchev–Trinajstić information content (AvgIpc) is 3.18. The van der Waals surface area contributed by atoms with Crippen LogP contribution in [-0.2, 0) is 32.0 Å². The second-order valence-electron chi connectivity index (χ2n) is 11.9. The van der Waals surface area contributed by atoms with E-state index in [9.17, 15) is 29.3 Å². The molecule has 2 aliphatic rings. The van der Waals surface area contributed by atoms with E-state index in [1.807, 2.05) is 36.4 Å². The number of hydrogen-bond donors (Lipinski definition) is 5. The normalized spacial score (nSPS) is 15.9. The Morgan fingerprint density at radius 3 is 1.57 bits per heavy atom. The van der Waals surface area contributed by atoms with Crippen LogP contribution in [0.15, 0.2) is 94.7 Å². The van der Waals surface area contributed by atoms with Gasteiger partial charge in [-0.25, -0.2) is 11.0 Å². The highest BCUT2D eigenvalue weighted by molar-refractivity contribution is 8.01. The Hall–Kier alpha value is -5.82. The molecule has 0 saturated heterocycles. The first-order chi connectivity index (χ1) is 25.9. The predicted molar refractivity (Wildman–Crippen MR) is 201 cm³/mol. The minimum Gasteiger partial charge on any atom is -0.497 e. The molecule has 54 heavy (non-hydrogen) atoms. The van der Waals surface area contributed by atoms with Crippen LogP contribution in [0.4, 0.5) is 22.7 Å². The summed E-state index contributed by atoms with van der Waals surface area (Å²) in [4.78, 5) is 63.8. The van der Waals surface area contributed by atoms with Crippen molar-refractivity contribution in [2.75, 3.05) is 42.8 Å². The van der Waals surface area contributed by atoms with Crippen molar-refractivity contribution in [2.45, 2.75) is 33.1 Å². The van der Waals surface area contributed by atoms with Crippen molar-refractivity contribution in [1.29, 1.82) is 0 Å². The third kappa shape index (κ3) is 9.39. The highest BCUT2D eigenvalue weighted by Gasteiger charge is 2.36. The van der Waals surface area contributed by atoms with Crippen LogP contribution in [0.25, 0.3) is 0 Å². The Morgan fingerprint density at radius 1 is 0.741 bits per heavy atom. The van der Waals surface area contributed by atoms with Crippen molar-refractivity contribution < 1.29 is 44.0 Å². The van der Waals surface area contributed by atoms with E-state index in [4.69, 9.17) is 25.6 Å². The number of ether oxygens (including phenoxy) is 2. The van der Waals surface area contributed by atoms with Gasteiger partial charge in [-0.1, -0.05) is 24.3 Å². The first-order valence-electron chi connectivity index (χ1n) is 16.2. The molecule has 0 fully saturated rings. The monoisotopic (exact) mass is 776 g/mol. The summed E-state index contributed by atoms with van der Waals surface area (Å²) in [5.74, 6) is -0.481. The topological polar surface area (TPSA) is 227 Å². The molecule has 0 aliphatic carbocycles.